The minimum atomic E-state index is 0.668. The van der Waals surface area contributed by atoms with Gasteiger partial charge in [-0.2, -0.15) is 5.10 Å². The van der Waals surface area contributed by atoms with Crippen molar-refractivity contribution in [2.45, 2.75) is 53.1 Å². The summed E-state index contributed by atoms with van der Waals surface area (Å²) in [7, 11) is 1.98. The molecule has 23 heavy (non-hydrogen) atoms. The van der Waals surface area contributed by atoms with Crippen LogP contribution in [0, 0.1) is 13.8 Å². The Kier molecular flexibility index (Phi) is 6.45. The summed E-state index contributed by atoms with van der Waals surface area (Å²) in [5.41, 5.74) is 3.47. The number of nitrogens with one attached hydrogen (secondary N) is 2. The van der Waals surface area contributed by atoms with E-state index >= 15 is 0 Å². The quantitative estimate of drug-likeness (QED) is 0.564. The largest absolute Gasteiger partial charge is 0.357 e. The van der Waals surface area contributed by atoms with Gasteiger partial charge in [-0.1, -0.05) is 6.92 Å². The van der Waals surface area contributed by atoms with E-state index in [0.29, 0.717) is 6.54 Å². The summed E-state index contributed by atoms with van der Waals surface area (Å²) in [4.78, 5) is 7.27. The minimum Gasteiger partial charge on any atom is -0.357 e. The Morgan fingerprint density at radius 1 is 1.30 bits per heavy atom. The van der Waals surface area contributed by atoms with Crippen molar-refractivity contribution in [1.82, 2.24) is 25.3 Å². The lowest BCUT2D eigenvalue weighted by molar-refractivity contribution is 0.282. The van der Waals surface area contributed by atoms with E-state index in [2.05, 4.69) is 41.4 Å². The summed E-state index contributed by atoms with van der Waals surface area (Å²) < 4.78 is 1.93. The fraction of sp³-hybridized carbons (Fsp3) is 0.765. The minimum absolute atomic E-state index is 0.668. The van der Waals surface area contributed by atoms with E-state index in [-0.39, 0.29) is 0 Å². The number of aryl methyl sites for hydroxylation is 2. The number of rotatable bonds is 8. The summed E-state index contributed by atoms with van der Waals surface area (Å²) in [6, 6.07) is 0.821. The van der Waals surface area contributed by atoms with E-state index < -0.39 is 0 Å². The molecule has 1 fully saturated rings. The smallest absolute Gasteiger partial charge is 0.191 e. The number of guanidine groups is 1. The first-order chi connectivity index (χ1) is 11.1. The van der Waals surface area contributed by atoms with Gasteiger partial charge in [0.2, 0.25) is 0 Å². The summed E-state index contributed by atoms with van der Waals surface area (Å²) in [6.45, 7) is 13.2. The number of nitrogens with zero attached hydrogens (tertiary/aromatic N) is 4. The Morgan fingerprint density at radius 3 is 2.57 bits per heavy atom. The van der Waals surface area contributed by atoms with Crippen LogP contribution in [-0.4, -0.2) is 52.9 Å². The highest BCUT2D eigenvalue weighted by Gasteiger charge is 2.27. The predicted octanol–water partition coefficient (Wildman–Crippen LogP) is 1.58. The summed E-state index contributed by atoms with van der Waals surface area (Å²) >= 11 is 0. The third kappa shape index (κ3) is 4.96. The molecule has 6 nitrogen and oxygen atoms in total. The Hall–Kier alpha value is -1.56. The highest BCUT2D eigenvalue weighted by molar-refractivity contribution is 5.79. The Bertz CT molecular complexity index is 529. The highest BCUT2D eigenvalue weighted by atomic mass is 15.3. The van der Waals surface area contributed by atoms with Crippen molar-refractivity contribution >= 4 is 5.96 Å². The monoisotopic (exact) mass is 320 g/mol. The molecule has 0 unspecified atom stereocenters. The SMILES string of the molecule is CCNC(=NCc1c(C)nn(C)c1C)NCCN(CC)C1CC1. The molecule has 1 aromatic heterocycles. The first-order valence-corrected chi connectivity index (χ1v) is 8.82. The van der Waals surface area contributed by atoms with E-state index in [0.717, 1.165) is 43.9 Å². The molecule has 0 atom stereocenters. The van der Waals surface area contributed by atoms with Crippen LogP contribution >= 0.6 is 0 Å². The van der Waals surface area contributed by atoms with E-state index in [1.807, 2.05) is 18.7 Å². The molecular formula is C17H32N6. The first kappa shape index (κ1) is 17.8. The van der Waals surface area contributed by atoms with Crippen molar-refractivity contribution in [2.75, 3.05) is 26.2 Å². The maximum atomic E-state index is 4.72. The molecule has 1 saturated carbocycles. The number of hydrogen-bond donors (Lipinski definition) is 2. The highest BCUT2D eigenvalue weighted by Crippen LogP contribution is 2.25. The second-order valence-electron chi connectivity index (χ2n) is 6.25. The standard InChI is InChI=1S/C17H32N6/c1-6-18-17(19-10-11-23(7-2)15-8-9-15)20-12-16-13(3)21-22(5)14(16)4/h15H,6-12H2,1-5H3,(H2,18,19,20). The van der Waals surface area contributed by atoms with Crippen LogP contribution in [0.4, 0.5) is 0 Å². The van der Waals surface area contributed by atoms with Crippen molar-refractivity contribution in [1.29, 1.82) is 0 Å². The maximum Gasteiger partial charge on any atom is 0.191 e. The van der Waals surface area contributed by atoms with Crippen LogP contribution in [-0.2, 0) is 13.6 Å². The second kappa shape index (κ2) is 8.34. The molecule has 1 aliphatic carbocycles. The molecule has 1 heterocycles. The molecule has 2 rings (SSSR count). The van der Waals surface area contributed by atoms with Gasteiger partial charge in [-0.25, -0.2) is 4.99 Å². The van der Waals surface area contributed by atoms with Crippen LogP contribution in [0.2, 0.25) is 0 Å². The molecule has 0 saturated heterocycles. The lowest BCUT2D eigenvalue weighted by atomic mass is 10.2. The van der Waals surface area contributed by atoms with Crippen molar-refractivity contribution in [3.05, 3.63) is 17.0 Å². The second-order valence-corrected chi connectivity index (χ2v) is 6.25. The Morgan fingerprint density at radius 2 is 2.04 bits per heavy atom. The van der Waals surface area contributed by atoms with Crippen LogP contribution in [0.1, 0.15) is 43.6 Å². The average molecular weight is 320 g/mol. The van der Waals surface area contributed by atoms with Crippen LogP contribution in [0.15, 0.2) is 4.99 Å². The first-order valence-electron chi connectivity index (χ1n) is 8.82. The Labute approximate surface area is 140 Å². The van der Waals surface area contributed by atoms with Gasteiger partial charge < -0.3 is 10.6 Å². The summed E-state index contributed by atoms with van der Waals surface area (Å²) in [5.74, 6) is 0.891. The van der Waals surface area contributed by atoms with E-state index in [1.165, 1.54) is 24.1 Å². The molecule has 0 aromatic carbocycles. The number of aromatic nitrogens is 2. The Balaban J connectivity index is 1.88. The average Bonchev–Trinajstić information content (AvgIpc) is 3.32. The molecule has 2 N–H and O–H groups in total. The van der Waals surface area contributed by atoms with Gasteiger partial charge in [-0.3, -0.25) is 9.58 Å². The van der Waals surface area contributed by atoms with Gasteiger partial charge in [0.05, 0.1) is 12.2 Å². The lowest BCUT2D eigenvalue weighted by Crippen LogP contribution is -2.42. The fourth-order valence-electron chi connectivity index (χ4n) is 2.90. The van der Waals surface area contributed by atoms with E-state index in [1.54, 1.807) is 0 Å². The van der Waals surface area contributed by atoms with Crippen LogP contribution in [0.25, 0.3) is 0 Å². The molecular weight excluding hydrogens is 288 g/mol. The third-order valence-corrected chi connectivity index (χ3v) is 4.56. The van der Waals surface area contributed by atoms with Gasteiger partial charge in [-0.15, -0.1) is 0 Å². The summed E-state index contributed by atoms with van der Waals surface area (Å²) in [6.07, 6.45) is 2.73. The van der Waals surface area contributed by atoms with Crippen molar-refractivity contribution < 1.29 is 0 Å². The van der Waals surface area contributed by atoms with Crippen molar-refractivity contribution in [3.8, 4) is 0 Å². The zero-order valence-corrected chi connectivity index (χ0v) is 15.3. The van der Waals surface area contributed by atoms with E-state index in [9.17, 15) is 0 Å². The normalized spacial score (nSPS) is 15.3. The van der Waals surface area contributed by atoms with Gasteiger partial charge in [0.25, 0.3) is 0 Å². The van der Waals surface area contributed by atoms with Gasteiger partial charge in [-0.05, 0) is 40.2 Å². The van der Waals surface area contributed by atoms with Crippen molar-refractivity contribution in [3.63, 3.8) is 0 Å². The third-order valence-electron chi connectivity index (χ3n) is 4.56. The molecule has 0 aliphatic heterocycles. The predicted molar refractivity (Wildman–Crippen MR) is 95.8 cm³/mol. The fourth-order valence-corrected chi connectivity index (χ4v) is 2.90. The molecule has 130 valence electrons. The molecule has 1 aromatic rings. The number of aliphatic imine (C=N–C) groups is 1. The molecule has 0 amide bonds. The number of hydrogen-bond acceptors (Lipinski definition) is 3. The van der Waals surface area contributed by atoms with Crippen LogP contribution in [0.3, 0.4) is 0 Å². The van der Waals surface area contributed by atoms with Gasteiger partial charge in [0.1, 0.15) is 0 Å². The molecule has 6 heteroatoms. The topological polar surface area (TPSA) is 57.5 Å². The molecule has 0 spiro atoms. The van der Waals surface area contributed by atoms with Gasteiger partial charge in [0, 0.05) is 44.0 Å². The molecule has 1 aliphatic rings. The zero-order valence-electron chi connectivity index (χ0n) is 15.3. The lowest BCUT2D eigenvalue weighted by Gasteiger charge is -2.20. The molecule has 0 bridgehead atoms. The van der Waals surface area contributed by atoms with Crippen LogP contribution < -0.4 is 10.6 Å². The zero-order chi connectivity index (χ0) is 16.8. The van der Waals surface area contributed by atoms with E-state index in [4.69, 9.17) is 4.99 Å². The maximum absolute atomic E-state index is 4.72. The number of likely N-dealkylation sites (N-methyl/N-ethyl adjacent to an activating group) is 1. The van der Waals surface area contributed by atoms with Crippen LogP contribution in [0.5, 0.6) is 0 Å². The van der Waals surface area contributed by atoms with Gasteiger partial charge >= 0.3 is 0 Å². The molecule has 0 radical (unpaired) electrons. The van der Waals surface area contributed by atoms with Gasteiger partial charge in [0.15, 0.2) is 5.96 Å². The summed E-state index contributed by atoms with van der Waals surface area (Å²) in [5, 5.41) is 11.2. The van der Waals surface area contributed by atoms with Crippen molar-refractivity contribution in [2.24, 2.45) is 12.0 Å².